The van der Waals surface area contributed by atoms with E-state index in [1.54, 1.807) is 7.11 Å². The van der Waals surface area contributed by atoms with Gasteiger partial charge in [0.25, 0.3) is 0 Å². The molecular formula is C12H12O2. The summed E-state index contributed by atoms with van der Waals surface area (Å²) in [7, 11) is 1.65. The quantitative estimate of drug-likeness (QED) is 0.783. The molecule has 2 rings (SSSR count). The Morgan fingerprint density at radius 2 is 2.07 bits per heavy atom. The highest BCUT2D eigenvalue weighted by atomic mass is 16.5. The Balaban J connectivity index is 2.67. The Morgan fingerprint density at radius 1 is 1.21 bits per heavy atom. The van der Waals surface area contributed by atoms with Crippen molar-refractivity contribution in [2.45, 2.75) is 6.61 Å². The molecule has 1 N–H and O–H groups in total. The first-order valence-corrected chi connectivity index (χ1v) is 4.51. The predicted octanol–water partition coefficient (Wildman–Crippen LogP) is 2.34. The minimum Gasteiger partial charge on any atom is -0.497 e. The standard InChI is InChI=1S/C12H12O2/c1-14-11-5-6-12-9(7-11)3-2-4-10(12)8-13/h2-7,13H,8H2,1H3. The number of aliphatic hydroxyl groups is 1. The molecule has 0 spiro atoms. The molecule has 2 aromatic rings. The molecule has 2 aromatic carbocycles. The van der Waals surface area contributed by atoms with Gasteiger partial charge in [-0.2, -0.15) is 0 Å². The monoisotopic (exact) mass is 188 g/mol. The van der Waals surface area contributed by atoms with Crippen molar-refractivity contribution in [3.8, 4) is 5.75 Å². The summed E-state index contributed by atoms with van der Waals surface area (Å²) in [5, 5.41) is 11.3. The zero-order valence-corrected chi connectivity index (χ0v) is 8.03. The minimum atomic E-state index is 0.0731. The lowest BCUT2D eigenvalue weighted by molar-refractivity contribution is 0.283. The third-order valence-electron chi connectivity index (χ3n) is 2.35. The van der Waals surface area contributed by atoms with Gasteiger partial charge in [0.1, 0.15) is 5.75 Å². The highest BCUT2D eigenvalue weighted by Gasteiger charge is 2.00. The molecule has 72 valence electrons. The summed E-state index contributed by atoms with van der Waals surface area (Å²) in [5.74, 6) is 0.840. The second-order valence-corrected chi connectivity index (χ2v) is 3.16. The van der Waals surface area contributed by atoms with Crippen LogP contribution in [0.3, 0.4) is 0 Å². The first-order valence-electron chi connectivity index (χ1n) is 4.51. The van der Waals surface area contributed by atoms with Gasteiger partial charge in [-0.05, 0) is 28.5 Å². The Kier molecular flexibility index (Phi) is 2.37. The molecule has 0 unspecified atom stereocenters. The molecule has 0 bridgehead atoms. The van der Waals surface area contributed by atoms with Crippen LogP contribution in [0.25, 0.3) is 10.8 Å². The lowest BCUT2D eigenvalue weighted by Gasteiger charge is -2.05. The maximum atomic E-state index is 9.13. The number of fused-ring (bicyclic) bond motifs is 1. The summed E-state index contributed by atoms with van der Waals surface area (Å²) in [6.45, 7) is 0.0731. The van der Waals surface area contributed by atoms with E-state index in [0.29, 0.717) is 0 Å². The van der Waals surface area contributed by atoms with Gasteiger partial charge >= 0.3 is 0 Å². The lowest BCUT2D eigenvalue weighted by Crippen LogP contribution is -1.87. The molecule has 0 aromatic heterocycles. The van der Waals surface area contributed by atoms with Crippen molar-refractivity contribution in [2.75, 3.05) is 7.11 Å². The molecule has 0 atom stereocenters. The molecule has 0 amide bonds. The van der Waals surface area contributed by atoms with Crippen LogP contribution in [0.5, 0.6) is 5.75 Å². The molecule has 0 aliphatic heterocycles. The number of ether oxygens (including phenoxy) is 1. The molecule has 2 heteroatoms. The van der Waals surface area contributed by atoms with Crippen LogP contribution >= 0.6 is 0 Å². The number of benzene rings is 2. The Bertz CT molecular complexity index is 449. The van der Waals surface area contributed by atoms with Crippen molar-refractivity contribution in [1.29, 1.82) is 0 Å². The summed E-state index contributed by atoms with van der Waals surface area (Å²) in [6, 6.07) is 11.7. The summed E-state index contributed by atoms with van der Waals surface area (Å²) < 4.78 is 5.13. The zero-order chi connectivity index (χ0) is 9.97. The van der Waals surface area contributed by atoms with Crippen LogP contribution in [-0.2, 0) is 6.61 Å². The van der Waals surface area contributed by atoms with Crippen molar-refractivity contribution in [3.63, 3.8) is 0 Å². The molecule has 0 radical (unpaired) electrons. The maximum absolute atomic E-state index is 9.13. The predicted molar refractivity (Wildman–Crippen MR) is 56.4 cm³/mol. The van der Waals surface area contributed by atoms with Gasteiger partial charge in [-0.25, -0.2) is 0 Å². The van der Waals surface area contributed by atoms with E-state index in [4.69, 9.17) is 9.84 Å². The fraction of sp³-hybridized carbons (Fsp3) is 0.167. The van der Waals surface area contributed by atoms with Gasteiger partial charge < -0.3 is 9.84 Å². The van der Waals surface area contributed by atoms with Crippen LogP contribution in [0, 0.1) is 0 Å². The number of hydrogen-bond acceptors (Lipinski definition) is 2. The van der Waals surface area contributed by atoms with Gasteiger partial charge in [0.15, 0.2) is 0 Å². The van der Waals surface area contributed by atoms with Crippen molar-refractivity contribution in [1.82, 2.24) is 0 Å². The van der Waals surface area contributed by atoms with E-state index < -0.39 is 0 Å². The Labute approximate surface area is 82.8 Å². The molecule has 14 heavy (non-hydrogen) atoms. The molecular weight excluding hydrogens is 176 g/mol. The van der Waals surface area contributed by atoms with Crippen LogP contribution in [0.15, 0.2) is 36.4 Å². The van der Waals surface area contributed by atoms with Crippen LogP contribution in [0.2, 0.25) is 0 Å². The first-order chi connectivity index (χ1) is 6.85. The third-order valence-corrected chi connectivity index (χ3v) is 2.35. The molecule has 2 nitrogen and oxygen atoms in total. The lowest BCUT2D eigenvalue weighted by atomic mass is 10.1. The van der Waals surface area contributed by atoms with Gasteiger partial charge in [0.05, 0.1) is 13.7 Å². The number of methoxy groups -OCH3 is 1. The smallest absolute Gasteiger partial charge is 0.119 e. The van der Waals surface area contributed by atoms with Gasteiger partial charge in [-0.3, -0.25) is 0 Å². The summed E-state index contributed by atoms with van der Waals surface area (Å²) in [5.41, 5.74) is 0.949. The fourth-order valence-corrected chi connectivity index (χ4v) is 1.59. The highest BCUT2D eigenvalue weighted by Crippen LogP contribution is 2.23. The van der Waals surface area contributed by atoms with Crippen LogP contribution < -0.4 is 4.74 Å². The van der Waals surface area contributed by atoms with E-state index in [1.165, 1.54) is 0 Å². The number of aliphatic hydroxyl groups excluding tert-OH is 1. The van der Waals surface area contributed by atoms with E-state index in [9.17, 15) is 0 Å². The summed E-state index contributed by atoms with van der Waals surface area (Å²) in [4.78, 5) is 0. The van der Waals surface area contributed by atoms with Crippen LogP contribution in [0.1, 0.15) is 5.56 Å². The molecule has 0 aliphatic rings. The summed E-state index contributed by atoms with van der Waals surface area (Å²) in [6.07, 6.45) is 0. The largest absolute Gasteiger partial charge is 0.497 e. The number of hydrogen-bond donors (Lipinski definition) is 1. The van der Waals surface area contributed by atoms with E-state index in [2.05, 4.69) is 0 Å². The zero-order valence-electron chi connectivity index (χ0n) is 8.03. The average molecular weight is 188 g/mol. The second-order valence-electron chi connectivity index (χ2n) is 3.16. The van der Waals surface area contributed by atoms with E-state index in [1.807, 2.05) is 36.4 Å². The molecule has 0 saturated carbocycles. The van der Waals surface area contributed by atoms with Gasteiger partial charge in [0.2, 0.25) is 0 Å². The SMILES string of the molecule is COc1ccc2c(CO)cccc2c1. The average Bonchev–Trinajstić information content (AvgIpc) is 2.27. The topological polar surface area (TPSA) is 29.5 Å². The van der Waals surface area contributed by atoms with Gasteiger partial charge in [0, 0.05) is 0 Å². The second kappa shape index (κ2) is 3.68. The fourth-order valence-electron chi connectivity index (χ4n) is 1.59. The van der Waals surface area contributed by atoms with Crippen LogP contribution in [0.4, 0.5) is 0 Å². The molecule has 0 saturated heterocycles. The van der Waals surface area contributed by atoms with Crippen molar-refractivity contribution < 1.29 is 9.84 Å². The Morgan fingerprint density at radius 3 is 2.79 bits per heavy atom. The van der Waals surface area contributed by atoms with Gasteiger partial charge in [-0.15, -0.1) is 0 Å². The van der Waals surface area contributed by atoms with Crippen molar-refractivity contribution in [2.24, 2.45) is 0 Å². The molecule has 0 fully saturated rings. The van der Waals surface area contributed by atoms with E-state index >= 15 is 0 Å². The maximum Gasteiger partial charge on any atom is 0.119 e. The summed E-state index contributed by atoms with van der Waals surface area (Å²) >= 11 is 0. The van der Waals surface area contributed by atoms with Crippen LogP contribution in [-0.4, -0.2) is 12.2 Å². The Hall–Kier alpha value is -1.54. The normalized spacial score (nSPS) is 10.4. The van der Waals surface area contributed by atoms with Crippen molar-refractivity contribution >= 4 is 10.8 Å². The number of rotatable bonds is 2. The molecule has 0 aliphatic carbocycles. The molecule has 0 heterocycles. The highest BCUT2D eigenvalue weighted by molar-refractivity contribution is 5.86. The minimum absolute atomic E-state index is 0.0731. The van der Waals surface area contributed by atoms with Crippen molar-refractivity contribution in [3.05, 3.63) is 42.0 Å². The first kappa shape index (κ1) is 9.03. The van der Waals surface area contributed by atoms with E-state index in [0.717, 1.165) is 22.1 Å². The van der Waals surface area contributed by atoms with Gasteiger partial charge in [-0.1, -0.05) is 24.3 Å². The van der Waals surface area contributed by atoms with E-state index in [-0.39, 0.29) is 6.61 Å². The third kappa shape index (κ3) is 1.44.